The van der Waals surface area contributed by atoms with Crippen molar-refractivity contribution >= 4 is 54.3 Å². The summed E-state index contributed by atoms with van der Waals surface area (Å²) < 4.78 is 2.41. The zero-order valence-corrected chi connectivity index (χ0v) is 16.8. The SMILES string of the molecule is c1ccc(-n2c3ccccc3c3ccc4c5ccccc5c5ncccc5c4c32)cc1. The van der Waals surface area contributed by atoms with Gasteiger partial charge in [0.25, 0.3) is 0 Å². The second-order valence-electron chi connectivity index (χ2n) is 8.02. The van der Waals surface area contributed by atoms with Crippen LogP contribution in [-0.4, -0.2) is 9.55 Å². The molecule has 0 saturated carbocycles. The molecule has 0 saturated heterocycles. The number of benzene rings is 5. The summed E-state index contributed by atoms with van der Waals surface area (Å²) in [4.78, 5) is 4.81. The van der Waals surface area contributed by atoms with E-state index in [0.29, 0.717) is 0 Å². The van der Waals surface area contributed by atoms with Gasteiger partial charge in [0.2, 0.25) is 0 Å². The molecule has 2 heteroatoms. The van der Waals surface area contributed by atoms with Crippen LogP contribution in [0.4, 0.5) is 0 Å². The summed E-state index contributed by atoms with van der Waals surface area (Å²) in [7, 11) is 0. The predicted octanol–water partition coefficient (Wildman–Crippen LogP) is 7.64. The average Bonchev–Trinajstić information content (AvgIpc) is 3.19. The van der Waals surface area contributed by atoms with Crippen LogP contribution in [0.5, 0.6) is 0 Å². The number of pyridine rings is 1. The third kappa shape index (κ3) is 2.19. The Labute approximate surface area is 179 Å². The Morgan fingerprint density at radius 2 is 1.16 bits per heavy atom. The molecule has 31 heavy (non-hydrogen) atoms. The minimum atomic E-state index is 1.06. The summed E-state index contributed by atoms with van der Waals surface area (Å²) in [6, 6.07) is 36.8. The fraction of sp³-hybridized carbons (Fsp3) is 0. The van der Waals surface area contributed by atoms with E-state index in [1.54, 1.807) is 0 Å². The smallest absolute Gasteiger partial charge is 0.0787 e. The third-order valence-electron chi connectivity index (χ3n) is 6.40. The Morgan fingerprint density at radius 3 is 2.03 bits per heavy atom. The largest absolute Gasteiger partial charge is 0.309 e. The van der Waals surface area contributed by atoms with E-state index in [-0.39, 0.29) is 0 Å². The highest BCUT2D eigenvalue weighted by atomic mass is 15.0. The molecule has 0 unspecified atom stereocenters. The van der Waals surface area contributed by atoms with Crippen LogP contribution in [0.15, 0.2) is 109 Å². The Kier molecular flexibility index (Phi) is 3.30. The van der Waals surface area contributed by atoms with Gasteiger partial charge in [0.15, 0.2) is 0 Å². The predicted molar refractivity (Wildman–Crippen MR) is 131 cm³/mol. The fourth-order valence-electron chi connectivity index (χ4n) is 5.15. The second-order valence-corrected chi connectivity index (χ2v) is 8.02. The molecule has 0 aliphatic rings. The molecule has 0 fully saturated rings. The number of rotatable bonds is 1. The maximum absolute atomic E-state index is 4.81. The summed E-state index contributed by atoms with van der Waals surface area (Å²) in [6.45, 7) is 0. The van der Waals surface area contributed by atoms with Crippen molar-refractivity contribution in [3.63, 3.8) is 0 Å². The molecule has 5 aromatic carbocycles. The monoisotopic (exact) mass is 394 g/mol. The van der Waals surface area contributed by atoms with Gasteiger partial charge in [0, 0.05) is 38.8 Å². The van der Waals surface area contributed by atoms with Gasteiger partial charge in [-0.05, 0) is 35.0 Å². The van der Waals surface area contributed by atoms with Gasteiger partial charge in [-0.2, -0.15) is 0 Å². The summed E-state index contributed by atoms with van der Waals surface area (Å²) in [6.07, 6.45) is 1.90. The van der Waals surface area contributed by atoms with E-state index >= 15 is 0 Å². The summed E-state index contributed by atoms with van der Waals surface area (Å²) >= 11 is 0. The molecule has 0 bridgehead atoms. The summed E-state index contributed by atoms with van der Waals surface area (Å²) in [5.41, 5.74) is 4.70. The Bertz CT molecular complexity index is 1740. The van der Waals surface area contributed by atoms with E-state index in [0.717, 1.165) is 5.52 Å². The lowest BCUT2D eigenvalue weighted by atomic mass is 9.95. The standard InChI is InChI=1S/C29H18N2/c1-2-9-19(10-3-1)31-26-15-7-6-12-21(26)24-17-16-22-20-11-4-5-13-23(20)28-25(14-8-18-30-28)27(22)29(24)31/h1-18H. The zero-order valence-electron chi connectivity index (χ0n) is 16.8. The van der Waals surface area contributed by atoms with Crippen molar-refractivity contribution in [2.75, 3.05) is 0 Å². The molecule has 7 aromatic rings. The van der Waals surface area contributed by atoms with Crippen molar-refractivity contribution in [2.45, 2.75) is 0 Å². The Morgan fingerprint density at radius 1 is 0.484 bits per heavy atom. The highest BCUT2D eigenvalue weighted by Gasteiger charge is 2.18. The van der Waals surface area contributed by atoms with Crippen molar-refractivity contribution in [1.29, 1.82) is 0 Å². The van der Waals surface area contributed by atoms with Crippen LogP contribution < -0.4 is 0 Å². The van der Waals surface area contributed by atoms with Crippen LogP contribution in [-0.2, 0) is 0 Å². The van der Waals surface area contributed by atoms with Gasteiger partial charge in [0.1, 0.15) is 0 Å². The first-order chi connectivity index (χ1) is 15.4. The van der Waals surface area contributed by atoms with Crippen molar-refractivity contribution in [2.24, 2.45) is 0 Å². The average molecular weight is 394 g/mol. The first-order valence-corrected chi connectivity index (χ1v) is 10.6. The molecular formula is C29H18N2. The van der Waals surface area contributed by atoms with Crippen molar-refractivity contribution in [1.82, 2.24) is 9.55 Å². The second kappa shape index (κ2) is 6.16. The van der Waals surface area contributed by atoms with Gasteiger partial charge in [-0.25, -0.2) is 0 Å². The molecule has 2 aromatic heterocycles. The van der Waals surface area contributed by atoms with Crippen LogP contribution in [0.2, 0.25) is 0 Å². The normalized spacial score (nSPS) is 11.9. The van der Waals surface area contributed by atoms with Crippen LogP contribution in [0, 0.1) is 0 Å². The van der Waals surface area contributed by atoms with Crippen molar-refractivity contribution < 1.29 is 0 Å². The lowest BCUT2D eigenvalue weighted by molar-refractivity contribution is 1.19. The van der Waals surface area contributed by atoms with Crippen LogP contribution in [0.25, 0.3) is 59.9 Å². The number of para-hydroxylation sites is 2. The van der Waals surface area contributed by atoms with Crippen LogP contribution in [0.1, 0.15) is 0 Å². The first kappa shape index (κ1) is 16.6. The molecular weight excluding hydrogens is 376 g/mol. The number of hydrogen-bond acceptors (Lipinski definition) is 1. The molecule has 0 atom stereocenters. The van der Waals surface area contributed by atoms with E-state index < -0.39 is 0 Å². The van der Waals surface area contributed by atoms with E-state index in [4.69, 9.17) is 4.98 Å². The van der Waals surface area contributed by atoms with E-state index in [9.17, 15) is 0 Å². The molecule has 7 rings (SSSR count). The maximum Gasteiger partial charge on any atom is 0.0787 e. The molecule has 0 aliphatic carbocycles. The first-order valence-electron chi connectivity index (χ1n) is 10.6. The number of hydrogen-bond donors (Lipinski definition) is 0. The lowest BCUT2D eigenvalue weighted by Gasteiger charge is -2.13. The topological polar surface area (TPSA) is 17.8 Å². The number of fused-ring (bicyclic) bond motifs is 10. The fourth-order valence-corrected chi connectivity index (χ4v) is 5.15. The molecule has 0 spiro atoms. The van der Waals surface area contributed by atoms with Gasteiger partial charge in [-0.3, -0.25) is 4.98 Å². The molecule has 144 valence electrons. The van der Waals surface area contributed by atoms with E-state index in [1.807, 2.05) is 12.3 Å². The van der Waals surface area contributed by atoms with Gasteiger partial charge < -0.3 is 4.57 Å². The molecule has 2 heterocycles. The molecule has 0 radical (unpaired) electrons. The summed E-state index contributed by atoms with van der Waals surface area (Å²) in [5, 5.41) is 8.72. The van der Waals surface area contributed by atoms with E-state index in [1.165, 1.54) is 54.4 Å². The minimum Gasteiger partial charge on any atom is -0.309 e. The van der Waals surface area contributed by atoms with Crippen molar-refractivity contribution in [3.8, 4) is 5.69 Å². The van der Waals surface area contributed by atoms with Crippen LogP contribution in [0.3, 0.4) is 0 Å². The highest BCUT2D eigenvalue weighted by molar-refractivity contribution is 6.32. The molecule has 0 N–H and O–H groups in total. The number of aromatic nitrogens is 2. The number of nitrogens with zero attached hydrogens (tertiary/aromatic N) is 2. The van der Waals surface area contributed by atoms with E-state index in [2.05, 4.69) is 102 Å². The molecule has 2 nitrogen and oxygen atoms in total. The Balaban J connectivity index is 1.86. The quantitative estimate of drug-likeness (QED) is 0.262. The van der Waals surface area contributed by atoms with Gasteiger partial charge in [-0.1, -0.05) is 78.9 Å². The minimum absolute atomic E-state index is 1.06. The van der Waals surface area contributed by atoms with Crippen LogP contribution >= 0.6 is 0 Å². The zero-order chi connectivity index (χ0) is 20.4. The van der Waals surface area contributed by atoms with Crippen molar-refractivity contribution in [3.05, 3.63) is 109 Å². The van der Waals surface area contributed by atoms with Gasteiger partial charge in [0.05, 0.1) is 16.6 Å². The third-order valence-corrected chi connectivity index (χ3v) is 6.40. The van der Waals surface area contributed by atoms with Gasteiger partial charge >= 0.3 is 0 Å². The molecule has 0 aliphatic heterocycles. The lowest BCUT2D eigenvalue weighted by Crippen LogP contribution is -1.95. The molecule has 0 amide bonds. The maximum atomic E-state index is 4.81. The highest BCUT2D eigenvalue weighted by Crippen LogP contribution is 2.42. The Hall–Kier alpha value is -4.17. The summed E-state index contributed by atoms with van der Waals surface area (Å²) in [5.74, 6) is 0. The van der Waals surface area contributed by atoms with Gasteiger partial charge in [-0.15, -0.1) is 0 Å².